The van der Waals surface area contributed by atoms with Crippen molar-refractivity contribution in [2.75, 3.05) is 53.4 Å². The first-order chi connectivity index (χ1) is 14.4. The summed E-state index contributed by atoms with van der Waals surface area (Å²) in [7, 11) is 1.68. The molecule has 0 bridgehead atoms. The third kappa shape index (κ3) is 27.8. The van der Waals surface area contributed by atoms with Crippen LogP contribution in [0.4, 0.5) is 0 Å². The molecule has 0 aliphatic heterocycles. The summed E-state index contributed by atoms with van der Waals surface area (Å²) >= 11 is 0. The van der Waals surface area contributed by atoms with E-state index in [1.54, 1.807) is 7.11 Å². The van der Waals surface area contributed by atoms with Crippen LogP contribution < -0.4 is 0 Å². The average molecular weight is 417 g/mol. The SMILES string of the molecule is CCCCCCCCCCCCCCCCCCOCCOCCOCCOC. The molecule has 0 aliphatic carbocycles. The predicted molar refractivity (Wildman–Crippen MR) is 124 cm³/mol. The Kier molecular flexibility index (Phi) is 27.7. The molecule has 0 fully saturated rings. The molecule has 0 unspecified atom stereocenters. The summed E-state index contributed by atoms with van der Waals surface area (Å²) in [6, 6.07) is 0. The van der Waals surface area contributed by atoms with Gasteiger partial charge in [-0.1, -0.05) is 103 Å². The van der Waals surface area contributed by atoms with Gasteiger partial charge in [0.2, 0.25) is 0 Å². The summed E-state index contributed by atoms with van der Waals surface area (Å²) in [5.41, 5.74) is 0. The van der Waals surface area contributed by atoms with Gasteiger partial charge < -0.3 is 18.9 Å². The van der Waals surface area contributed by atoms with Crippen molar-refractivity contribution >= 4 is 0 Å². The van der Waals surface area contributed by atoms with Crippen molar-refractivity contribution < 1.29 is 18.9 Å². The van der Waals surface area contributed by atoms with Crippen molar-refractivity contribution in [1.29, 1.82) is 0 Å². The van der Waals surface area contributed by atoms with Crippen molar-refractivity contribution in [1.82, 2.24) is 0 Å². The van der Waals surface area contributed by atoms with E-state index in [1.807, 2.05) is 0 Å². The molecule has 0 aromatic carbocycles. The molecule has 29 heavy (non-hydrogen) atoms. The summed E-state index contributed by atoms with van der Waals surface area (Å²) < 4.78 is 21.3. The lowest BCUT2D eigenvalue weighted by molar-refractivity contribution is 0.00323. The maximum atomic E-state index is 5.61. The average Bonchev–Trinajstić information content (AvgIpc) is 2.74. The molecule has 4 nitrogen and oxygen atoms in total. The number of unbranched alkanes of at least 4 members (excludes halogenated alkanes) is 15. The van der Waals surface area contributed by atoms with Crippen LogP contribution in [0.25, 0.3) is 0 Å². The molecule has 0 aromatic heterocycles. The molecule has 0 saturated carbocycles. The Hall–Kier alpha value is -0.160. The summed E-state index contributed by atoms with van der Waals surface area (Å²) in [6.07, 6.45) is 22.5. The van der Waals surface area contributed by atoms with Gasteiger partial charge in [0.25, 0.3) is 0 Å². The maximum Gasteiger partial charge on any atom is 0.0701 e. The molecule has 0 heterocycles. The van der Waals surface area contributed by atoms with Crippen molar-refractivity contribution in [2.45, 2.75) is 110 Å². The highest BCUT2D eigenvalue weighted by atomic mass is 16.6. The largest absolute Gasteiger partial charge is 0.382 e. The van der Waals surface area contributed by atoms with E-state index in [4.69, 9.17) is 18.9 Å². The Morgan fingerprint density at radius 2 is 0.655 bits per heavy atom. The van der Waals surface area contributed by atoms with E-state index >= 15 is 0 Å². The van der Waals surface area contributed by atoms with Crippen LogP contribution in [0.2, 0.25) is 0 Å². The topological polar surface area (TPSA) is 36.9 Å². The fourth-order valence-electron chi connectivity index (χ4n) is 3.44. The third-order valence-electron chi connectivity index (χ3n) is 5.32. The Labute approximate surface area is 182 Å². The van der Waals surface area contributed by atoms with Gasteiger partial charge in [0.15, 0.2) is 0 Å². The van der Waals surface area contributed by atoms with E-state index < -0.39 is 0 Å². The van der Waals surface area contributed by atoms with E-state index in [0.29, 0.717) is 39.6 Å². The Morgan fingerprint density at radius 3 is 1.03 bits per heavy atom. The summed E-state index contributed by atoms with van der Waals surface area (Å²) in [4.78, 5) is 0. The van der Waals surface area contributed by atoms with Gasteiger partial charge in [-0.3, -0.25) is 0 Å². The highest BCUT2D eigenvalue weighted by Gasteiger charge is 1.95. The molecule has 0 rings (SSSR count). The van der Waals surface area contributed by atoms with Gasteiger partial charge in [-0.05, 0) is 6.42 Å². The van der Waals surface area contributed by atoms with Crippen molar-refractivity contribution in [2.24, 2.45) is 0 Å². The number of hydrogen-bond acceptors (Lipinski definition) is 4. The van der Waals surface area contributed by atoms with E-state index in [0.717, 1.165) is 6.61 Å². The fraction of sp³-hybridized carbons (Fsp3) is 1.00. The minimum Gasteiger partial charge on any atom is -0.382 e. The van der Waals surface area contributed by atoms with Crippen LogP contribution in [-0.2, 0) is 18.9 Å². The van der Waals surface area contributed by atoms with Crippen LogP contribution in [-0.4, -0.2) is 53.4 Å². The molecule has 0 saturated heterocycles. The Balaban J connectivity index is 2.97. The number of rotatable bonds is 26. The van der Waals surface area contributed by atoms with E-state index in [1.165, 1.54) is 103 Å². The molecule has 0 spiro atoms. The highest BCUT2D eigenvalue weighted by Crippen LogP contribution is 2.13. The molecule has 0 atom stereocenters. The number of methoxy groups -OCH3 is 1. The lowest BCUT2D eigenvalue weighted by Gasteiger charge is -2.07. The summed E-state index contributed by atoms with van der Waals surface area (Å²) in [5, 5.41) is 0. The fourth-order valence-corrected chi connectivity index (χ4v) is 3.44. The van der Waals surface area contributed by atoms with Crippen LogP contribution in [0.1, 0.15) is 110 Å². The second-order valence-corrected chi connectivity index (χ2v) is 8.13. The van der Waals surface area contributed by atoms with Gasteiger partial charge in [0, 0.05) is 13.7 Å². The van der Waals surface area contributed by atoms with Crippen LogP contribution >= 0.6 is 0 Å². The van der Waals surface area contributed by atoms with Crippen LogP contribution in [0.15, 0.2) is 0 Å². The zero-order chi connectivity index (χ0) is 21.1. The first kappa shape index (κ1) is 28.8. The third-order valence-corrected chi connectivity index (χ3v) is 5.32. The molecule has 4 heteroatoms. The standard InChI is InChI=1S/C25H52O4/c1-3-4-5-6-7-8-9-10-11-12-13-14-15-16-17-18-19-27-22-23-29-25-24-28-21-20-26-2/h3-25H2,1-2H3. The minimum absolute atomic E-state index is 0.627. The second kappa shape index (κ2) is 27.8. The van der Waals surface area contributed by atoms with Crippen LogP contribution in [0.3, 0.4) is 0 Å². The molecular formula is C25H52O4. The normalized spacial score (nSPS) is 11.4. The van der Waals surface area contributed by atoms with Gasteiger partial charge in [-0.15, -0.1) is 0 Å². The first-order valence-electron chi connectivity index (χ1n) is 12.6. The van der Waals surface area contributed by atoms with E-state index in [9.17, 15) is 0 Å². The number of ether oxygens (including phenoxy) is 4. The minimum atomic E-state index is 0.627. The molecular weight excluding hydrogens is 364 g/mol. The van der Waals surface area contributed by atoms with Crippen molar-refractivity contribution in [3.63, 3.8) is 0 Å². The van der Waals surface area contributed by atoms with Crippen molar-refractivity contribution in [3.05, 3.63) is 0 Å². The molecule has 0 radical (unpaired) electrons. The second-order valence-electron chi connectivity index (χ2n) is 8.13. The quantitative estimate of drug-likeness (QED) is 0.143. The van der Waals surface area contributed by atoms with Crippen LogP contribution in [0.5, 0.6) is 0 Å². The molecule has 0 aromatic rings. The van der Waals surface area contributed by atoms with Gasteiger partial charge >= 0.3 is 0 Å². The molecule has 0 aliphatic rings. The number of hydrogen-bond donors (Lipinski definition) is 0. The summed E-state index contributed by atoms with van der Waals surface area (Å²) in [5.74, 6) is 0. The summed E-state index contributed by atoms with van der Waals surface area (Å²) in [6.45, 7) is 7.04. The zero-order valence-electron chi connectivity index (χ0n) is 19.9. The van der Waals surface area contributed by atoms with Gasteiger partial charge in [0.05, 0.1) is 39.6 Å². The zero-order valence-corrected chi connectivity index (χ0v) is 19.9. The van der Waals surface area contributed by atoms with Gasteiger partial charge in [0.1, 0.15) is 0 Å². The van der Waals surface area contributed by atoms with Crippen molar-refractivity contribution in [3.8, 4) is 0 Å². The molecule has 0 N–H and O–H groups in total. The monoisotopic (exact) mass is 416 g/mol. The van der Waals surface area contributed by atoms with Gasteiger partial charge in [-0.2, -0.15) is 0 Å². The van der Waals surface area contributed by atoms with Gasteiger partial charge in [-0.25, -0.2) is 0 Å². The Morgan fingerprint density at radius 1 is 0.345 bits per heavy atom. The lowest BCUT2D eigenvalue weighted by Crippen LogP contribution is -2.11. The highest BCUT2D eigenvalue weighted by molar-refractivity contribution is 4.50. The maximum absolute atomic E-state index is 5.61. The smallest absolute Gasteiger partial charge is 0.0701 e. The van der Waals surface area contributed by atoms with E-state index in [2.05, 4.69) is 6.92 Å². The lowest BCUT2D eigenvalue weighted by atomic mass is 10.0. The molecule has 176 valence electrons. The molecule has 0 amide bonds. The van der Waals surface area contributed by atoms with E-state index in [-0.39, 0.29) is 0 Å². The predicted octanol–water partition coefficient (Wildman–Crippen LogP) is 6.94. The first-order valence-corrected chi connectivity index (χ1v) is 12.6. The Bertz CT molecular complexity index is 248. The van der Waals surface area contributed by atoms with Crippen LogP contribution in [0, 0.1) is 0 Å².